The van der Waals surface area contributed by atoms with Gasteiger partial charge in [0.1, 0.15) is 5.75 Å². The number of carbonyl (C=O) groups is 1. The molecule has 1 atom stereocenters. The second-order valence-electron chi connectivity index (χ2n) is 8.48. The van der Waals surface area contributed by atoms with Crippen molar-refractivity contribution < 1.29 is 17.9 Å². The highest BCUT2D eigenvalue weighted by Crippen LogP contribution is 2.37. The molecule has 1 amide bonds. The lowest BCUT2D eigenvalue weighted by Gasteiger charge is -2.35. The molecule has 1 N–H and O–H groups in total. The van der Waals surface area contributed by atoms with E-state index < -0.39 is 16.1 Å². The van der Waals surface area contributed by atoms with Crippen LogP contribution < -0.4 is 19.3 Å². The molecule has 0 radical (unpaired) electrons. The fraction of sp³-hybridized carbons (Fsp3) is 0.296. The number of rotatable bonds is 8. The Morgan fingerprint density at radius 2 is 1.71 bits per heavy atom. The Labute approximate surface area is 207 Å². The highest BCUT2D eigenvalue weighted by Gasteiger charge is 2.37. The van der Waals surface area contributed by atoms with Gasteiger partial charge in [0, 0.05) is 25.3 Å². The summed E-state index contributed by atoms with van der Waals surface area (Å²) >= 11 is 0. The van der Waals surface area contributed by atoms with E-state index in [1.165, 1.54) is 4.31 Å². The van der Waals surface area contributed by atoms with Crippen molar-refractivity contribution in [1.29, 1.82) is 0 Å². The molecule has 3 aromatic carbocycles. The normalized spacial score (nSPS) is 15.2. The minimum absolute atomic E-state index is 0.111. The number of amides is 1. The summed E-state index contributed by atoms with van der Waals surface area (Å²) in [4.78, 5) is 15.5. The molecule has 0 aromatic heterocycles. The number of ether oxygens (including phenoxy) is 1. The number of anilines is 2. The van der Waals surface area contributed by atoms with E-state index in [1.54, 1.807) is 42.5 Å². The Bertz CT molecular complexity index is 1270. The van der Waals surface area contributed by atoms with E-state index in [9.17, 15) is 13.2 Å². The SMILES string of the molecule is CCN(CC)c1ccc(CNC(=O)[C@@H]2CN(S(=O)(=O)c3ccccc3)c3ccc(C)cc3O2)cc1. The molecule has 35 heavy (non-hydrogen) atoms. The average molecular weight is 494 g/mol. The van der Waals surface area contributed by atoms with E-state index in [0.29, 0.717) is 18.0 Å². The van der Waals surface area contributed by atoms with Gasteiger partial charge >= 0.3 is 0 Å². The number of hydrogen-bond acceptors (Lipinski definition) is 5. The molecule has 8 heteroatoms. The van der Waals surface area contributed by atoms with Gasteiger partial charge in [-0.3, -0.25) is 9.10 Å². The van der Waals surface area contributed by atoms with Crippen molar-refractivity contribution in [1.82, 2.24) is 5.32 Å². The Hall–Kier alpha value is -3.52. The summed E-state index contributed by atoms with van der Waals surface area (Å²) in [6, 6.07) is 21.6. The molecule has 1 heterocycles. The van der Waals surface area contributed by atoms with E-state index in [2.05, 4.69) is 24.1 Å². The average Bonchev–Trinajstić information content (AvgIpc) is 2.88. The maximum atomic E-state index is 13.5. The Morgan fingerprint density at radius 3 is 2.37 bits per heavy atom. The molecule has 0 fully saturated rings. The van der Waals surface area contributed by atoms with E-state index in [1.807, 2.05) is 37.3 Å². The number of benzene rings is 3. The van der Waals surface area contributed by atoms with Crippen LogP contribution in [0.1, 0.15) is 25.0 Å². The molecule has 7 nitrogen and oxygen atoms in total. The van der Waals surface area contributed by atoms with Crippen LogP contribution in [0.25, 0.3) is 0 Å². The van der Waals surface area contributed by atoms with Crippen molar-refractivity contribution in [3.05, 3.63) is 83.9 Å². The van der Waals surface area contributed by atoms with Gasteiger partial charge in [0.05, 0.1) is 17.1 Å². The fourth-order valence-corrected chi connectivity index (χ4v) is 5.66. The van der Waals surface area contributed by atoms with E-state index in [-0.39, 0.29) is 17.3 Å². The molecule has 184 valence electrons. The van der Waals surface area contributed by atoms with E-state index in [0.717, 1.165) is 29.9 Å². The van der Waals surface area contributed by atoms with Gasteiger partial charge < -0.3 is 15.0 Å². The standard InChI is InChI=1S/C27H31N3O4S/c1-4-29(5-2)22-14-12-21(13-15-22)18-28-27(31)26-19-30(24-16-11-20(3)17-25(24)34-26)35(32,33)23-9-7-6-8-10-23/h6-17,26H,4-5,18-19H2,1-3H3,(H,28,31)/t26-/m0/s1. The molecule has 0 spiro atoms. The van der Waals surface area contributed by atoms with Crippen LogP contribution in [0.5, 0.6) is 5.75 Å². The maximum absolute atomic E-state index is 13.5. The smallest absolute Gasteiger partial charge is 0.264 e. The molecule has 0 bridgehead atoms. The van der Waals surface area contributed by atoms with Crippen LogP contribution in [0.4, 0.5) is 11.4 Å². The Balaban J connectivity index is 1.53. The third-order valence-electron chi connectivity index (χ3n) is 6.14. The topological polar surface area (TPSA) is 79.0 Å². The summed E-state index contributed by atoms with van der Waals surface area (Å²) in [6.45, 7) is 8.18. The second-order valence-corrected chi connectivity index (χ2v) is 10.3. The Morgan fingerprint density at radius 1 is 1.03 bits per heavy atom. The van der Waals surface area contributed by atoms with Gasteiger partial charge in [-0.25, -0.2) is 8.42 Å². The number of hydrogen-bond donors (Lipinski definition) is 1. The summed E-state index contributed by atoms with van der Waals surface area (Å²) in [5, 5.41) is 2.90. The zero-order valence-corrected chi connectivity index (χ0v) is 21.1. The fourth-order valence-electron chi connectivity index (χ4n) is 4.16. The molecule has 1 aliphatic rings. The van der Waals surface area contributed by atoms with Crippen LogP contribution in [0.15, 0.2) is 77.7 Å². The zero-order valence-electron chi connectivity index (χ0n) is 20.3. The molecule has 0 saturated heterocycles. The lowest BCUT2D eigenvalue weighted by molar-refractivity contribution is -0.127. The predicted octanol–water partition coefficient (Wildman–Crippen LogP) is 4.11. The monoisotopic (exact) mass is 493 g/mol. The summed E-state index contributed by atoms with van der Waals surface area (Å²) in [6.07, 6.45) is -0.974. The maximum Gasteiger partial charge on any atom is 0.264 e. The summed E-state index contributed by atoms with van der Waals surface area (Å²) in [5.74, 6) is 0.0118. The zero-order chi connectivity index (χ0) is 25.0. The van der Waals surface area contributed by atoms with E-state index >= 15 is 0 Å². The number of sulfonamides is 1. The van der Waals surface area contributed by atoms with Gasteiger partial charge in [0.25, 0.3) is 15.9 Å². The first-order chi connectivity index (χ1) is 16.8. The van der Waals surface area contributed by atoms with Crippen LogP contribution >= 0.6 is 0 Å². The summed E-state index contributed by atoms with van der Waals surface area (Å²) in [7, 11) is -3.87. The molecule has 0 unspecified atom stereocenters. The molecule has 1 aliphatic heterocycles. The van der Waals surface area contributed by atoms with Gasteiger partial charge in [-0.2, -0.15) is 0 Å². The van der Waals surface area contributed by atoms with Crippen LogP contribution in [0.3, 0.4) is 0 Å². The van der Waals surface area contributed by atoms with Crippen LogP contribution in [-0.4, -0.2) is 40.1 Å². The van der Waals surface area contributed by atoms with Crippen molar-refractivity contribution in [3.8, 4) is 5.75 Å². The van der Waals surface area contributed by atoms with Crippen molar-refractivity contribution in [2.75, 3.05) is 28.8 Å². The van der Waals surface area contributed by atoms with Crippen LogP contribution in [-0.2, 0) is 21.4 Å². The predicted molar refractivity (Wildman–Crippen MR) is 138 cm³/mol. The number of nitrogens with zero attached hydrogens (tertiary/aromatic N) is 2. The van der Waals surface area contributed by atoms with E-state index in [4.69, 9.17) is 4.74 Å². The van der Waals surface area contributed by atoms with Crippen LogP contribution in [0.2, 0.25) is 0 Å². The first kappa shape index (κ1) is 24.6. The van der Waals surface area contributed by atoms with Crippen molar-refractivity contribution in [3.63, 3.8) is 0 Å². The van der Waals surface area contributed by atoms with Gasteiger partial charge in [-0.1, -0.05) is 36.4 Å². The van der Waals surface area contributed by atoms with Crippen molar-refractivity contribution in [2.24, 2.45) is 0 Å². The number of aryl methyl sites for hydroxylation is 1. The minimum atomic E-state index is -3.87. The molecular weight excluding hydrogens is 462 g/mol. The first-order valence-electron chi connectivity index (χ1n) is 11.8. The number of fused-ring (bicyclic) bond motifs is 1. The van der Waals surface area contributed by atoms with Crippen molar-refractivity contribution >= 4 is 27.3 Å². The second kappa shape index (κ2) is 10.4. The van der Waals surface area contributed by atoms with Gasteiger partial charge in [-0.15, -0.1) is 0 Å². The summed E-state index contributed by atoms with van der Waals surface area (Å²) in [5.41, 5.74) is 3.43. The lowest BCUT2D eigenvalue weighted by atomic mass is 10.1. The highest BCUT2D eigenvalue weighted by molar-refractivity contribution is 7.92. The van der Waals surface area contributed by atoms with Gasteiger partial charge in [-0.05, 0) is 68.3 Å². The Kier molecular flexibility index (Phi) is 7.31. The highest BCUT2D eigenvalue weighted by atomic mass is 32.2. The van der Waals surface area contributed by atoms with Gasteiger partial charge in [0.2, 0.25) is 0 Å². The molecule has 3 aromatic rings. The molecule has 0 aliphatic carbocycles. The van der Waals surface area contributed by atoms with Crippen molar-refractivity contribution in [2.45, 2.75) is 38.3 Å². The van der Waals surface area contributed by atoms with Crippen LogP contribution in [0, 0.1) is 6.92 Å². The number of nitrogens with one attached hydrogen (secondary N) is 1. The third-order valence-corrected chi connectivity index (χ3v) is 7.93. The third kappa shape index (κ3) is 5.27. The van der Waals surface area contributed by atoms with Gasteiger partial charge in [0.15, 0.2) is 6.10 Å². The molecule has 4 rings (SSSR count). The first-order valence-corrected chi connectivity index (χ1v) is 13.2. The lowest BCUT2D eigenvalue weighted by Crippen LogP contribution is -2.50. The quantitative estimate of drug-likeness (QED) is 0.511. The number of carbonyl (C=O) groups excluding carboxylic acids is 1. The molecule has 0 saturated carbocycles. The largest absolute Gasteiger partial charge is 0.476 e. The minimum Gasteiger partial charge on any atom is -0.476 e. The summed E-state index contributed by atoms with van der Waals surface area (Å²) < 4.78 is 34.2. The molecular formula is C27H31N3O4S.